The molecule has 110 valence electrons. The molecular weight excluding hydrogens is 364 g/mol. The molecule has 0 aliphatic heterocycles. The Balaban J connectivity index is 1.77. The van der Waals surface area contributed by atoms with Gasteiger partial charge >= 0.3 is 0 Å². The molecule has 3 N–H and O–H groups in total. The zero-order valence-corrected chi connectivity index (χ0v) is 13.7. The van der Waals surface area contributed by atoms with Gasteiger partial charge in [0.1, 0.15) is 5.01 Å². The van der Waals surface area contributed by atoms with E-state index in [0.717, 1.165) is 15.0 Å². The summed E-state index contributed by atoms with van der Waals surface area (Å²) in [6, 6.07) is 14.7. The van der Waals surface area contributed by atoms with E-state index in [4.69, 9.17) is 5.73 Å². The van der Waals surface area contributed by atoms with Crippen LogP contribution >= 0.6 is 27.3 Å². The van der Waals surface area contributed by atoms with Crippen LogP contribution in [0.5, 0.6) is 0 Å². The van der Waals surface area contributed by atoms with Gasteiger partial charge in [-0.05, 0) is 34.1 Å². The number of hydrogen-bond donors (Lipinski definition) is 2. The van der Waals surface area contributed by atoms with Gasteiger partial charge in [-0.15, -0.1) is 10.2 Å². The molecule has 3 aromatic rings. The number of amides is 1. The van der Waals surface area contributed by atoms with Crippen molar-refractivity contribution >= 4 is 44.0 Å². The zero-order valence-electron chi connectivity index (χ0n) is 11.3. The van der Waals surface area contributed by atoms with E-state index >= 15 is 0 Å². The van der Waals surface area contributed by atoms with Crippen molar-refractivity contribution in [1.29, 1.82) is 0 Å². The van der Waals surface area contributed by atoms with E-state index in [9.17, 15) is 4.79 Å². The summed E-state index contributed by atoms with van der Waals surface area (Å²) < 4.78 is 0.756. The molecular formula is C15H11BrN4OS. The first-order valence-corrected chi connectivity index (χ1v) is 8.00. The lowest BCUT2D eigenvalue weighted by atomic mass is 10.2. The third-order valence-electron chi connectivity index (χ3n) is 2.92. The van der Waals surface area contributed by atoms with Crippen molar-refractivity contribution in [2.45, 2.75) is 0 Å². The fraction of sp³-hybridized carbons (Fsp3) is 0. The molecule has 0 atom stereocenters. The second-order valence-corrected chi connectivity index (χ2v) is 6.30. The second-order valence-electron chi connectivity index (χ2n) is 4.47. The van der Waals surface area contributed by atoms with Crippen molar-refractivity contribution in [2.24, 2.45) is 0 Å². The summed E-state index contributed by atoms with van der Waals surface area (Å²) in [6.45, 7) is 0. The predicted molar refractivity (Wildman–Crippen MR) is 91.9 cm³/mol. The third-order valence-corrected chi connectivity index (χ3v) is 4.53. The van der Waals surface area contributed by atoms with E-state index in [0.29, 0.717) is 16.4 Å². The smallest absolute Gasteiger partial charge is 0.257 e. The minimum atomic E-state index is -0.269. The quantitative estimate of drug-likeness (QED) is 0.683. The van der Waals surface area contributed by atoms with E-state index in [2.05, 4.69) is 31.4 Å². The van der Waals surface area contributed by atoms with Crippen LogP contribution in [-0.2, 0) is 0 Å². The molecule has 1 amide bonds. The molecule has 0 aliphatic rings. The van der Waals surface area contributed by atoms with Gasteiger partial charge in [0.05, 0.1) is 0 Å². The number of hydrogen-bond acceptors (Lipinski definition) is 5. The minimum Gasteiger partial charge on any atom is -0.398 e. The van der Waals surface area contributed by atoms with Crippen LogP contribution < -0.4 is 11.1 Å². The Labute approximate surface area is 139 Å². The Kier molecular flexibility index (Phi) is 4.17. The highest BCUT2D eigenvalue weighted by Gasteiger charge is 2.12. The zero-order chi connectivity index (χ0) is 15.5. The lowest BCUT2D eigenvalue weighted by molar-refractivity contribution is 0.102. The molecule has 1 aromatic heterocycles. The molecule has 0 bridgehead atoms. The number of carbonyl (C=O) groups is 1. The number of nitrogens with one attached hydrogen (secondary N) is 1. The first-order valence-electron chi connectivity index (χ1n) is 6.39. The van der Waals surface area contributed by atoms with Crippen LogP contribution in [0, 0.1) is 0 Å². The normalized spacial score (nSPS) is 10.4. The van der Waals surface area contributed by atoms with Crippen LogP contribution in [0.15, 0.2) is 53.0 Å². The van der Waals surface area contributed by atoms with Gasteiger partial charge in [0.15, 0.2) is 0 Å². The van der Waals surface area contributed by atoms with Crippen molar-refractivity contribution in [1.82, 2.24) is 10.2 Å². The summed E-state index contributed by atoms with van der Waals surface area (Å²) in [5.74, 6) is -0.269. The van der Waals surface area contributed by atoms with Crippen LogP contribution in [0.3, 0.4) is 0 Å². The van der Waals surface area contributed by atoms with Gasteiger partial charge in [0.25, 0.3) is 5.91 Å². The number of aromatic nitrogens is 2. The summed E-state index contributed by atoms with van der Waals surface area (Å²) in [5, 5.41) is 12.0. The number of halogens is 1. The van der Waals surface area contributed by atoms with Gasteiger partial charge in [-0.2, -0.15) is 0 Å². The molecule has 0 saturated carbocycles. The van der Waals surface area contributed by atoms with Crippen molar-refractivity contribution in [3.8, 4) is 10.6 Å². The average Bonchev–Trinajstić information content (AvgIpc) is 2.99. The average molecular weight is 375 g/mol. The van der Waals surface area contributed by atoms with Crippen LogP contribution in [-0.4, -0.2) is 16.1 Å². The number of nitrogens with zero attached hydrogens (tertiary/aromatic N) is 2. The van der Waals surface area contributed by atoms with Gasteiger partial charge in [0.2, 0.25) is 5.13 Å². The Morgan fingerprint density at radius 1 is 1.14 bits per heavy atom. The molecule has 0 aliphatic carbocycles. The highest BCUT2D eigenvalue weighted by atomic mass is 79.9. The van der Waals surface area contributed by atoms with Crippen LogP contribution in [0.25, 0.3) is 10.6 Å². The van der Waals surface area contributed by atoms with Gasteiger partial charge in [-0.1, -0.05) is 41.7 Å². The standard InChI is InChI=1S/C15H11BrN4OS/c16-11-7-6-10(8-12(11)17)13(21)18-15-20-19-14(22-15)9-4-2-1-3-5-9/h1-8H,17H2,(H,18,20,21). The first kappa shape index (κ1) is 14.7. The lowest BCUT2D eigenvalue weighted by Gasteiger charge is -2.03. The van der Waals surface area contributed by atoms with Crippen molar-refractivity contribution < 1.29 is 4.79 Å². The molecule has 22 heavy (non-hydrogen) atoms. The van der Waals surface area contributed by atoms with Crippen LogP contribution in [0.4, 0.5) is 10.8 Å². The van der Waals surface area contributed by atoms with Gasteiger partial charge in [-0.3, -0.25) is 10.1 Å². The Morgan fingerprint density at radius 3 is 2.64 bits per heavy atom. The first-order chi connectivity index (χ1) is 10.6. The summed E-state index contributed by atoms with van der Waals surface area (Å²) in [5.41, 5.74) is 7.72. The van der Waals surface area contributed by atoms with E-state index < -0.39 is 0 Å². The molecule has 1 heterocycles. The Hall–Kier alpha value is -2.25. The predicted octanol–water partition coefficient (Wildman–Crippen LogP) is 3.80. The van der Waals surface area contributed by atoms with Crippen LogP contribution in [0.1, 0.15) is 10.4 Å². The minimum absolute atomic E-state index is 0.269. The largest absolute Gasteiger partial charge is 0.398 e. The molecule has 0 radical (unpaired) electrons. The van der Waals surface area contributed by atoms with Crippen LogP contribution in [0.2, 0.25) is 0 Å². The van der Waals surface area contributed by atoms with E-state index in [1.165, 1.54) is 11.3 Å². The maximum atomic E-state index is 12.2. The maximum absolute atomic E-state index is 12.2. The Bertz CT molecular complexity index is 819. The monoisotopic (exact) mass is 374 g/mol. The van der Waals surface area contributed by atoms with Gasteiger partial charge < -0.3 is 5.73 Å². The summed E-state index contributed by atoms with van der Waals surface area (Å²) in [4.78, 5) is 12.2. The number of rotatable bonds is 3. The molecule has 5 nitrogen and oxygen atoms in total. The van der Waals surface area contributed by atoms with Crippen molar-refractivity contribution in [2.75, 3.05) is 11.1 Å². The molecule has 0 fully saturated rings. The summed E-state index contributed by atoms with van der Waals surface area (Å²) in [6.07, 6.45) is 0. The number of benzene rings is 2. The molecule has 0 unspecified atom stereocenters. The molecule has 7 heteroatoms. The van der Waals surface area contributed by atoms with E-state index in [1.807, 2.05) is 30.3 Å². The van der Waals surface area contributed by atoms with E-state index in [1.54, 1.807) is 18.2 Å². The Morgan fingerprint density at radius 2 is 1.91 bits per heavy atom. The second kappa shape index (κ2) is 6.25. The lowest BCUT2D eigenvalue weighted by Crippen LogP contribution is -2.12. The number of nitrogens with two attached hydrogens (primary N) is 1. The topological polar surface area (TPSA) is 80.9 Å². The number of nitrogen functional groups attached to an aromatic ring is 1. The fourth-order valence-corrected chi connectivity index (χ4v) is 2.82. The van der Waals surface area contributed by atoms with Gasteiger partial charge in [-0.25, -0.2) is 0 Å². The summed E-state index contributed by atoms with van der Waals surface area (Å²) in [7, 11) is 0. The molecule has 0 saturated heterocycles. The maximum Gasteiger partial charge on any atom is 0.257 e. The molecule has 0 spiro atoms. The van der Waals surface area contributed by atoms with Gasteiger partial charge in [0, 0.05) is 21.3 Å². The highest BCUT2D eigenvalue weighted by molar-refractivity contribution is 9.10. The third kappa shape index (κ3) is 3.15. The SMILES string of the molecule is Nc1cc(C(=O)Nc2nnc(-c3ccccc3)s2)ccc1Br. The number of carbonyl (C=O) groups excluding carboxylic acids is 1. The fourth-order valence-electron chi connectivity index (χ4n) is 1.83. The summed E-state index contributed by atoms with van der Waals surface area (Å²) >= 11 is 4.62. The molecule has 3 rings (SSSR count). The van der Waals surface area contributed by atoms with Crippen molar-refractivity contribution in [3.05, 3.63) is 58.6 Å². The highest BCUT2D eigenvalue weighted by Crippen LogP contribution is 2.26. The molecule has 2 aromatic carbocycles. The van der Waals surface area contributed by atoms with Crippen molar-refractivity contribution in [3.63, 3.8) is 0 Å². The van der Waals surface area contributed by atoms with E-state index in [-0.39, 0.29) is 5.91 Å². The number of anilines is 2.